The second kappa shape index (κ2) is 11.8. The number of anilines is 3. The van der Waals surface area contributed by atoms with Crippen molar-refractivity contribution in [2.75, 3.05) is 80.7 Å². The molecule has 3 aliphatic rings. The van der Waals surface area contributed by atoms with E-state index in [9.17, 15) is 5.26 Å². The predicted octanol–water partition coefficient (Wildman–Crippen LogP) is 2.24. The number of ether oxygens (including phenoxy) is 2. The van der Waals surface area contributed by atoms with Crippen molar-refractivity contribution in [2.24, 2.45) is 0 Å². The van der Waals surface area contributed by atoms with E-state index in [0.717, 1.165) is 82.2 Å². The van der Waals surface area contributed by atoms with Crippen LogP contribution in [-0.2, 0) is 9.47 Å². The van der Waals surface area contributed by atoms with Crippen LogP contribution in [0.4, 0.5) is 17.2 Å². The molecule has 10 heteroatoms. The molecule has 0 bridgehead atoms. The highest BCUT2D eigenvalue weighted by Gasteiger charge is 2.30. The predicted molar refractivity (Wildman–Crippen MR) is 164 cm³/mol. The molecule has 3 saturated heterocycles. The Morgan fingerprint density at radius 1 is 1.05 bits per heavy atom. The van der Waals surface area contributed by atoms with Gasteiger partial charge < -0.3 is 24.2 Å². The maximum Gasteiger partial charge on any atom is 0.141 e. The molecule has 0 N–H and O–H groups in total. The molecule has 9 nitrogen and oxygen atoms in total. The Bertz CT molecular complexity index is 1440. The van der Waals surface area contributed by atoms with Crippen molar-refractivity contribution in [3.8, 4) is 6.07 Å². The fraction of sp³-hybridized carbons (Fsp3) is 0.516. The standard InChI is InChI=1S/C31H38BN7O2/c1-21-14-24(38-9-8-25(19-38)40-3)16-34-31(21)37-12-10-36(11-13-37)18-26-20-39(17-22(2)41-26)28-6-4-23(15-33)30-27(28)5-7-29(32)35-30/h4-7,14,16,22,25-26H,8-13,17-20H2,1-3H3/t22-,25+,26+/m1/s1. The fourth-order valence-electron chi connectivity index (χ4n) is 6.57. The molecule has 6 rings (SSSR count). The quantitative estimate of drug-likeness (QED) is 0.429. The molecule has 0 aliphatic carbocycles. The van der Waals surface area contributed by atoms with Crippen LogP contribution < -0.4 is 20.3 Å². The number of benzene rings is 1. The van der Waals surface area contributed by atoms with E-state index in [4.69, 9.17) is 22.3 Å². The number of rotatable bonds is 6. The molecule has 1 aromatic carbocycles. The number of morpholine rings is 1. The van der Waals surface area contributed by atoms with E-state index in [1.54, 1.807) is 13.2 Å². The van der Waals surface area contributed by atoms with Gasteiger partial charge in [-0.15, -0.1) is 0 Å². The Morgan fingerprint density at radius 3 is 2.61 bits per heavy atom. The van der Waals surface area contributed by atoms with E-state index >= 15 is 0 Å². The van der Waals surface area contributed by atoms with Crippen molar-refractivity contribution in [1.29, 1.82) is 5.26 Å². The van der Waals surface area contributed by atoms with E-state index in [1.807, 2.05) is 24.4 Å². The van der Waals surface area contributed by atoms with Gasteiger partial charge in [0.15, 0.2) is 0 Å². The lowest BCUT2D eigenvalue weighted by Gasteiger charge is -2.42. The van der Waals surface area contributed by atoms with Crippen LogP contribution in [0.1, 0.15) is 24.5 Å². The minimum Gasteiger partial charge on any atom is -0.380 e. The highest BCUT2D eigenvalue weighted by Crippen LogP contribution is 2.31. The number of nitrogens with zero attached hydrogens (tertiary/aromatic N) is 7. The Kier molecular flexibility index (Phi) is 8.02. The summed E-state index contributed by atoms with van der Waals surface area (Å²) in [6.45, 7) is 12.6. The van der Waals surface area contributed by atoms with E-state index in [0.29, 0.717) is 22.8 Å². The van der Waals surface area contributed by atoms with Gasteiger partial charge in [-0.1, -0.05) is 6.07 Å². The summed E-state index contributed by atoms with van der Waals surface area (Å²) in [6, 6.07) is 12.2. The number of piperazine rings is 1. The lowest BCUT2D eigenvalue weighted by Crippen LogP contribution is -2.54. The Balaban J connectivity index is 1.08. The van der Waals surface area contributed by atoms with Gasteiger partial charge >= 0.3 is 0 Å². The van der Waals surface area contributed by atoms with Crippen molar-refractivity contribution in [3.63, 3.8) is 0 Å². The van der Waals surface area contributed by atoms with E-state index in [1.165, 1.54) is 11.3 Å². The number of nitriles is 1. The molecule has 0 spiro atoms. The summed E-state index contributed by atoms with van der Waals surface area (Å²) < 4.78 is 12.0. The Labute approximate surface area is 244 Å². The first kappa shape index (κ1) is 27.8. The number of aromatic nitrogens is 2. The number of fused-ring (bicyclic) bond motifs is 1. The van der Waals surface area contributed by atoms with E-state index in [-0.39, 0.29) is 12.2 Å². The summed E-state index contributed by atoms with van der Waals surface area (Å²) in [5.74, 6) is 1.09. The average molecular weight is 552 g/mol. The monoisotopic (exact) mass is 551 g/mol. The summed E-state index contributed by atoms with van der Waals surface area (Å²) >= 11 is 0. The molecule has 2 radical (unpaired) electrons. The van der Waals surface area contributed by atoms with Crippen LogP contribution >= 0.6 is 0 Å². The molecular formula is C31H38BN7O2. The number of hydrogen-bond donors (Lipinski definition) is 0. The molecule has 3 atom stereocenters. The van der Waals surface area contributed by atoms with Crippen LogP contribution in [0, 0.1) is 18.3 Å². The van der Waals surface area contributed by atoms with Gasteiger partial charge in [0.2, 0.25) is 0 Å². The number of aryl methyl sites for hydroxylation is 1. The van der Waals surface area contributed by atoms with Crippen LogP contribution in [0.15, 0.2) is 36.5 Å². The molecule has 3 fully saturated rings. The van der Waals surface area contributed by atoms with Crippen LogP contribution in [0.25, 0.3) is 10.9 Å². The third-order valence-electron chi connectivity index (χ3n) is 8.66. The lowest BCUT2D eigenvalue weighted by molar-refractivity contribution is -0.0327. The fourth-order valence-corrected chi connectivity index (χ4v) is 6.57. The zero-order valence-corrected chi connectivity index (χ0v) is 24.3. The van der Waals surface area contributed by atoms with Gasteiger partial charge in [0.05, 0.1) is 41.3 Å². The van der Waals surface area contributed by atoms with Crippen molar-refractivity contribution in [1.82, 2.24) is 14.9 Å². The minimum absolute atomic E-state index is 0.0910. The van der Waals surface area contributed by atoms with Gasteiger partial charge in [0, 0.05) is 77.1 Å². The molecule has 0 amide bonds. The summed E-state index contributed by atoms with van der Waals surface area (Å²) in [4.78, 5) is 19.0. The second-order valence-corrected chi connectivity index (χ2v) is 11.6. The SMILES string of the molecule is [B]c1ccc2c(N3C[C@H](CN4CCN(c5ncc(N6CC[C@H](OC)C6)cc5C)CC4)O[C@H](C)C3)ccc(C#N)c2n1. The smallest absolute Gasteiger partial charge is 0.141 e. The van der Waals surface area contributed by atoms with Crippen molar-refractivity contribution < 1.29 is 9.47 Å². The highest BCUT2D eigenvalue weighted by molar-refractivity contribution is 6.31. The van der Waals surface area contributed by atoms with Crippen molar-refractivity contribution in [2.45, 2.75) is 38.6 Å². The van der Waals surface area contributed by atoms with Crippen LogP contribution in [0.2, 0.25) is 0 Å². The van der Waals surface area contributed by atoms with Crippen molar-refractivity contribution in [3.05, 3.63) is 47.7 Å². The zero-order valence-electron chi connectivity index (χ0n) is 24.3. The van der Waals surface area contributed by atoms with Crippen LogP contribution in [0.3, 0.4) is 0 Å². The van der Waals surface area contributed by atoms with E-state index in [2.05, 4.69) is 50.6 Å². The van der Waals surface area contributed by atoms with E-state index < -0.39 is 0 Å². The second-order valence-electron chi connectivity index (χ2n) is 11.6. The summed E-state index contributed by atoms with van der Waals surface area (Å²) in [7, 11) is 7.74. The summed E-state index contributed by atoms with van der Waals surface area (Å²) in [5.41, 5.74) is 5.12. The van der Waals surface area contributed by atoms with Gasteiger partial charge in [-0.25, -0.2) is 4.98 Å². The van der Waals surface area contributed by atoms with Gasteiger partial charge in [-0.2, -0.15) is 5.26 Å². The summed E-state index contributed by atoms with van der Waals surface area (Å²) in [5, 5.41) is 10.5. The largest absolute Gasteiger partial charge is 0.380 e. The van der Waals surface area contributed by atoms with Gasteiger partial charge in [0.25, 0.3) is 0 Å². The number of methoxy groups -OCH3 is 1. The molecule has 5 heterocycles. The topological polar surface area (TPSA) is 81.0 Å². The first-order valence-corrected chi connectivity index (χ1v) is 14.6. The normalized spacial score (nSPS) is 23.8. The molecule has 41 heavy (non-hydrogen) atoms. The number of hydrogen-bond acceptors (Lipinski definition) is 9. The van der Waals surface area contributed by atoms with Crippen LogP contribution in [0.5, 0.6) is 0 Å². The average Bonchev–Trinajstić information content (AvgIpc) is 3.46. The van der Waals surface area contributed by atoms with Gasteiger partial charge in [-0.05, 0) is 55.7 Å². The highest BCUT2D eigenvalue weighted by atomic mass is 16.5. The Morgan fingerprint density at radius 2 is 1.88 bits per heavy atom. The minimum atomic E-state index is 0.0910. The molecular weight excluding hydrogens is 513 g/mol. The van der Waals surface area contributed by atoms with Gasteiger partial charge in [0.1, 0.15) is 19.7 Å². The molecule has 2 aromatic heterocycles. The third-order valence-corrected chi connectivity index (χ3v) is 8.66. The summed E-state index contributed by atoms with van der Waals surface area (Å²) in [6.07, 6.45) is 3.59. The number of pyridine rings is 2. The first-order chi connectivity index (χ1) is 19.9. The maximum absolute atomic E-state index is 9.59. The molecule has 0 saturated carbocycles. The van der Waals surface area contributed by atoms with Gasteiger partial charge in [-0.3, -0.25) is 9.88 Å². The molecule has 0 unspecified atom stereocenters. The Hall–Kier alpha value is -3.39. The molecule has 212 valence electrons. The van der Waals surface area contributed by atoms with Crippen molar-refractivity contribution >= 4 is 41.5 Å². The maximum atomic E-state index is 9.59. The first-order valence-electron chi connectivity index (χ1n) is 14.6. The molecule has 3 aliphatic heterocycles. The van der Waals surface area contributed by atoms with Crippen LogP contribution in [-0.4, -0.2) is 107 Å². The lowest BCUT2D eigenvalue weighted by atomic mass is 10.00. The zero-order chi connectivity index (χ0) is 28.5. The third kappa shape index (κ3) is 5.85. The molecule has 3 aromatic rings.